The van der Waals surface area contributed by atoms with Crippen molar-refractivity contribution in [2.24, 2.45) is 0 Å². The third-order valence-electron chi connectivity index (χ3n) is 5.85. The quantitative estimate of drug-likeness (QED) is 0.531. The van der Waals surface area contributed by atoms with Crippen LogP contribution in [0.3, 0.4) is 0 Å². The molecule has 7 heteroatoms. The van der Waals surface area contributed by atoms with Crippen LogP contribution in [0.1, 0.15) is 23.2 Å². The molecule has 166 valence electrons. The smallest absolute Gasteiger partial charge is 0.253 e. The maximum absolute atomic E-state index is 13.1. The molecule has 1 amide bonds. The van der Waals surface area contributed by atoms with E-state index in [1.54, 1.807) is 24.1 Å². The molecule has 0 radical (unpaired) electrons. The van der Waals surface area contributed by atoms with E-state index < -0.39 is 20.9 Å². The number of hydrogen-bond acceptors (Lipinski definition) is 4. The van der Waals surface area contributed by atoms with Crippen LogP contribution in [-0.2, 0) is 9.84 Å². The monoisotopic (exact) mass is 453 g/mol. The van der Waals surface area contributed by atoms with Gasteiger partial charge in [0, 0.05) is 18.7 Å². The number of halogens is 1. The fourth-order valence-corrected chi connectivity index (χ4v) is 5.71. The molecule has 1 saturated heterocycles. The van der Waals surface area contributed by atoms with Gasteiger partial charge in [0.2, 0.25) is 0 Å². The number of carbonyl (C=O) groups is 1. The second-order valence-electron chi connectivity index (χ2n) is 7.80. The van der Waals surface area contributed by atoms with Crippen molar-refractivity contribution in [2.45, 2.75) is 23.0 Å². The van der Waals surface area contributed by atoms with Gasteiger partial charge in [-0.2, -0.15) is 0 Å². The lowest BCUT2D eigenvalue weighted by atomic mass is 10.0. The number of rotatable bonds is 5. The van der Waals surface area contributed by atoms with Crippen LogP contribution < -0.4 is 4.74 Å². The summed E-state index contributed by atoms with van der Waals surface area (Å²) < 4.78 is 44.0. The van der Waals surface area contributed by atoms with Gasteiger partial charge in [-0.15, -0.1) is 0 Å². The van der Waals surface area contributed by atoms with Gasteiger partial charge in [-0.05, 0) is 72.5 Å². The Morgan fingerprint density at radius 2 is 1.59 bits per heavy atom. The van der Waals surface area contributed by atoms with Crippen molar-refractivity contribution in [1.82, 2.24) is 4.90 Å². The van der Waals surface area contributed by atoms with E-state index in [2.05, 4.69) is 0 Å². The number of piperidine rings is 1. The third kappa shape index (κ3) is 4.53. The molecule has 0 bridgehead atoms. The Hall–Kier alpha value is -3.19. The Bertz CT molecular complexity index is 1200. The molecule has 0 spiro atoms. The molecule has 1 heterocycles. The Morgan fingerprint density at radius 1 is 0.938 bits per heavy atom. The van der Waals surface area contributed by atoms with Gasteiger partial charge < -0.3 is 9.64 Å². The van der Waals surface area contributed by atoms with Crippen molar-refractivity contribution in [1.29, 1.82) is 0 Å². The number of hydrogen-bond donors (Lipinski definition) is 0. The number of sulfone groups is 1. The van der Waals surface area contributed by atoms with Gasteiger partial charge in [0.15, 0.2) is 9.84 Å². The average Bonchev–Trinajstić information content (AvgIpc) is 2.84. The molecule has 0 N–H and O–H groups in total. The summed E-state index contributed by atoms with van der Waals surface area (Å²) in [5, 5.41) is -0.576. The molecule has 1 aliphatic rings. The second kappa shape index (κ2) is 9.12. The normalized spacial score (nSPS) is 14.9. The van der Waals surface area contributed by atoms with E-state index in [0.717, 1.165) is 29.0 Å². The first-order chi connectivity index (χ1) is 15.4. The molecular weight excluding hydrogens is 429 g/mol. The summed E-state index contributed by atoms with van der Waals surface area (Å²) in [5.74, 6) is 0.183. The molecule has 0 atom stereocenters. The van der Waals surface area contributed by atoms with Gasteiger partial charge in [-0.3, -0.25) is 4.79 Å². The standard InChI is InChI=1S/C25H24FNO4S/c1-31-22-4-2-3-20(17-22)18-5-7-19(8-6-18)25(28)27-15-13-24(14-16-27)32(29,30)23-11-9-21(26)10-12-23/h2-12,17,24H,13-16H2,1H3. The highest BCUT2D eigenvalue weighted by molar-refractivity contribution is 7.92. The van der Waals surface area contributed by atoms with Gasteiger partial charge in [0.1, 0.15) is 11.6 Å². The predicted octanol–water partition coefficient (Wildman–Crippen LogP) is 4.58. The maximum Gasteiger partial charge on any atom is 0.253 e. The van der Waals surface area contributed by atoms with E-state index in [1.807, 2.05) is 36.4 Å². The Morgan fingerprint density at radius 3 is 2.22 bits per heavy atom. The predicted molar refractivity (Wildman–Crippen MR) is 121 cm³/mol. The minimum atomic E-state index is -3.55. The van der Waals surface area contributed by atoms with Gasteiger partial charge >= 0.3 is 0 Å². The maximum atomic E-state index is 13.1. The lowest BCUT2D eigenvalue weighted by Gasteiger charge is -2.32. The summed E-state index contributed by atoms with van der Waals surface area (Å²) in [7, 11) is -1.93. The summed E-state index contributed by atoms with van der Waals surface area (Å²) in [5.41, 5.74) is 2.54. The van der Waals surface area contributed by atoms with Crippen LogP contribution in [0.5, 0.6) is 5.75 Å². The molecule has 0 saturated carbocycles. The summed E-state index contributed by atoms with van der Waals surface area (Å²) in [6.45, 7) is 0.725. The van der Waals surface area contributed by atoms with Crippen LogP contribution >= 0.6 is 0 Å². The molecule has 3 aromatic rings. The molecule has 32 heavy (non-hydrogen) atoms. The molecule has 0 unspecified atom stereocenters. The fourth-order valence-electron chi connectivity index (χ4n) is 3.98. The number of methoxy groups -OCH3 is 1. The van der Waals surface area contributed by atoms with E-state index in [0.29, 0.717) is 31.5 Å². The van der Waals surface area contributed by atoms with E-state index >= 15 is 0 Å². The van der Waals surface area contributed by atoms with E-state index in [-0.39, 0.29) is 10.8 Å². The third-order valence-corrected chi connectivity index (χ3v) is 8.12. The topological polar surface area (TPSA) is 63.7 Å². The van der Waals surface area contributed by atoms with Crippen LogP contribution in [0.2, 0.25) is 0 Å². The molecule has 1 aliphatic heterocycles. The van der Waals surface area contributed by atoms with Crippen LogP contribution in [0.25, 0.3) is 11.1 Å². The van der Waals surface area contributed by atoms with E-state index in [1.165, 1.54) is 12.1 Å². The van der Waals surface area contributed by atoms with Gasteiger partial charge in [-0.1, -0.05) is 24.3 Å². The zero-order valence-corrected chi connectivity index (χ0v) is 18.5. The molecule has 3 aromatic carbocycles. The average molecular weight is 454 g/mol. The summed E-state index contributed by atoms with van der Waals surface area (Å²) in [6.07, 6.45) is 0.709. The second-order valence-corrected chi connectivity index (χ2v) is 10.0. The Kier molecular flexibility index (Phi) is 6.28. The van der Waals surface area contributed by atoms with Crippen LogP contribution in [-0.4, -0.2) is 44.7 Å². The highest BCUT2D eigenvalue weighted by atomic mass is 32.2. The van der Waals surface area contributed by atoms with Crippen LogP contribution in [0.15, 0.2) is 77.7 Å². The molecule has 1 fully saturated rings. The molecule has 0 aromatic heterocycles. The first-order valence-corrected chi connectivity index (χ1v) is 12.0. The highest BCUT2D eigenvalue weighted by Crippen LogP contribution is 2.27. The number of carbonyl (C=O) groups excluding carboxylic acids is 1. The van der Waals surface area contributed by atoms with Crippen molar-refractivity contribution in [2.75, 3.05) is 20.2 Å². The summed E-state index contributed by atoms with van der Waals surface area (Å²) >= 11 is 0. The molecular formula is C25H24FNO4S. The lowest BCUT2D eigenvalue weighted by Crippen LogP contribution is -2.42. The summed E-state index contributed by atoms with van der Waals surface area (Å²) in [6, 6.07) is 20.0. The zero-order valence-electron chi connectivity index (χ0n) is 17.7. The van der Waals surface area contributed by atoms with Gasteiger partial charge in [0.05, 0.1) is 17.3 Å². The molecule has 5 nitrogen and oxygen atoms in total. The SMILES string of the molecule is COc1cccc(-c2ccc(C(=O)N3CCC(S(=O)(=O)c4ccc(F)cc4)CC3)cc2)c1. The van der Waals surface area contributed by atoms with Crippen LogP contribution in [0.4, 0.5) is 4.39 Å². The minimum absolute atomic E-state index is 0.111. The number of likely N-dealkylation sites (tertiary alicyclic amines) is 1. The van der Waals surface area contributed by atoms with E-state index in [9.17, 15) is 17.6 Å². The minimum Gasteiger partial charge on any atom is -0.497 e. The molecule has 0 aliphatic carbocycles. The Labute approximate surface area is 187 Å². The fraction of sp³-hybridized carbons (Fsp3) is 0.240. The van der Waals surface area contributed by atoms with Crippen molar-refractivity contribution in [3.63, 3.8) is 0 Å². The number of ether oxygens (including phenoxy) is 1. The molecule has 4 rings (SSSR count). The zero-order chi connectivity index (χ0) is 22.7. The van der Waals surface area contributed by atoms with Gasteiger partial charge in [-0.25, -0.2) is 12.8 Å². The van der Waals surface area contributed by atoms with Gasteiger partial charge in [0.25, 0.3) is 5.91 Å². The number of benzene rings is 3. The number of amides is 1. The van der Waals surface area contributed by atoms with E-state index in [4.69, 9.17) is 4.74 Å². The Balaban J connectivity index is 1.41. The van der Waals surface area contributed by atoms with Crippen molar-refractivity contribution in [3.8, 4) is 16.9 Å². The van der Waals surface area contributed by atoms with Crippen molar-refractivity contribution in [3.05, 3.63) is 84.2 Å². The largest absolute Gasteiger partial charge is 0.497 e. The first-order valence-electron chi connectivity index (χ1n) is 10.4. The highest BCUT2D eigenvalue weighted by Gasteiger charge is 2.33. The van der Waals surface area contributed by atoms with Crippen molar-refractivity contribution >= 4 is 15.7 Å². The lowest BCUT2D eigenvalue weighted by molar-refractivity contribution is 0.0725. The van der Waals surface area contributed by atoms with Crippen molar-refractivity contribution < 1.29 is 22.3 Å². The van der Waals surface area contributed by atoms with Crippen LogP contribution in [0, 0.1) is 5.82 Å². The number of nitrogens with zero attached hydrogens (tertiary/aromatic N) is 1. The summed E-state index contributed by atoms with van der Waals surface area (Å²) in [4.78, 5) is 14.7. The first kappa shape index (κ1) is 22.0.